The van der Waals surface area contributed by atoms with E-state index in [2.05, 4.69) is 21.7 Å². The highest BCUT2D eigenvalue weighted by Gasteiger charge is 2.36. The smallest absolute Gasteiger partial charge is 0.249 e. The Hall–Kier alpha value is -3.28. The molecule has 0 saturated carbocycles. The van der Waals surface area contributed by atoms with E-state index in [1.807, 2.05) is 41.3 Å². The molecule has 3 heterocycles. The van der Waals surface area contributed by atoms with Gasteiger partial charge in [0.05, 0.1) is 0 Å². The zero-order valence-electron chi connectivity index (χ0n) is 14.2. The van der Waals surface area contributed by atoms with Crippen molar-refractivity contribution in [3.63, 3.8) is 0 Å². The average Bonchev–Trinajstić information content (AvgIpc) is 3.31. The minimum atomic E-state index is -0.195. The van der Waals surface area contributed by atoms with Crippen molar-refractivity contribution in [1.29, 1.82) is 0 Å². The first kappa shape index (κ1) is 16.2. The second kappa shape index (κ2) is 6.92. The van der Waals surface area contributed by atoms with Gasteiger partial charge in [-0.25, -0.2) is 0 Å². The molecule has 130 valence electrons. The third-order valence-electron chi connectivity index (χ3n) is 4.54. The highest BCUT2D eigenvalue weighted by molar-refractivity contribution is 5.78. The average molecular weight is 346 g/mol. The summed E-state index contributed by atoms with van der Waals surface area (Å²) in [4.78, 5) is 22.7. The molecule has 26 heavy (non-hydrogen) atoms. The number of amides is 1. The van der Waals surface area contributed by atoms with Crippen LogP contribution in [-0.2, 0) is 11.3 Å². The molecule has 1 aromatic carbocycles. The summed E-state index contributed by atoms with van der Waals surface area (Å²) in [6.07, 6.45) is 6.34. The molecule has 6 heteroatoms. The van der Waals surface area contributed by atoms with Gasteiger partial charge in [0, 0.05) is 30.9 Å². The molecule has 6 nitrogen and oxygen atoms in total. The molecular weight excluding hydrogens is 328 g/mol. The zero-order chi connectivity index (χ0) is 17.9. The second-order valence-corrected chi connectivity index (χ2v) is 6.22. The van der Waals surface area contributed by atoms with Crippen molar-refractivity contribution in [3.05, 3.63) is 72.4 Å². The fraction of sp³-hybridized carbons (Fsp3) is 0.200. The molecule has 3 aromatic rings. The number of hydrogen-bond acceptors (Lipinski definition) is 5. The molecule has 0 radical (unpaired) electrons. The van der Waals surface area contributed by atoms with Crippen LogP contribution in [0, 0.1) is 0 Å². The van der Waals surface area contributed by atoms with Crippen LogP contribution in [0.4, 0.5) is 0 Å². The van der Waals surface area contributed by atoms with Crippen molar-refractivity contribution in [3.8, 4) is 11.4 Å². The summed E-state index contributed by atoms with van der Waals surface area (Å²) >= 11 is 0. The van der Waals surface area contributed by atoms with Crippen molar-refractivity contribution >= 4 is 12.0 Å². The van der Waals surface area contributed by atoms with Gasteiger partial charge in [0.15, 0.2) is 0 Å². The van der Waals surface area contributed by atoms with Gasteiger partial charge in [0.1, 0.15) is 6.04 Å². The van der Waals surface area contributed by atoms with Gasteiger partial charge in [-0.15, -0.1) is 0 Å². The Kier molecular flexibility index (Phi) is 4.31. The molecule has 1 fully saturated rings. The molecular formula is C20H18N4O2. The van der Waals surface area contributed by atoms with E-state index in [0.29, 0.717) is 31.1 Å². The first-order chi connectivity index (χ1) is 12.7. The molecule has 0 spiro atoms. The standard InChI is InChI=1S/C20H18N4O2/c1-2-14-5-7-15(8-6-14)13-24-17(9-10-18(24)25)20-22-19(23-26-20)16-4-3-11-21-12-16/h2-8,11-12,17H,1,9-10,13H2. The van der Waals surface area contributed by atoms with E-state index in [4.69, 9.17) is 4.52 Å². The van der Waals surface area contributed by atoms with Crippen molar-refractivity contribution in [2.75, 3.05) is 0 Å². The van der Waals surface area contributed by atoms with E-state index in [-0.39, 0.29) is 11.9 Å². The summed E-state index contributed by atoms with van der Waals surface area (Å²) in [6, 6.07) is 11.5. The number of benzene rings is 1. The van der Waals surface area contributed by atoms with Gasteiger partial charge in [0.25, 0.3) is 0 Å². The Labute approximate surface area is 151 Å². The molecule has 2 aromatic heterocycles. The fourth-order valence-corrected chi connectivity index (χ4v) is 3.13. The summed E-state index contributed by atoms with van der Waals surface area (Å²) < 4.78 is 5.46. The maximum atomic E-state index is 12.4. The van der Waals surface area contributed by atoms with Crippen molar-refractivity contribution < 1.29 is 9.32 Å². The van der Waals surface area contributed by atoms with E-state index in [1.165, 1.54) is 0 Å². The SMILES string of the molecule is C=Cc1ccc(CN2C(=O)CCC2c2nc(-c3cccnc3)no2)cc1. The van der Waals surface area contributed by atoms with E-state index < -0.39 is 0 Å². The lowest BCUT2D eigenvalue weighted by Crippen LogP contribution is -2.27. The normalized spacial score (nSPS) is 16.8. The number of aromatic nitrogens is 3. The first-order valence-electron chi connectivity index (χ1n) is 8.49. The number of carbonyl (C=O) groups is 1. The summed E-state index contributed by atoms with van der Waals surface area (Å²) in [5, 5.41) is 4.05. The minimum absolute atomic E-state index is 0.101. The van der Waals surface area contributed by atoms with Gasteiger partial charge in [-0.1, -0.05) is 42.1 Å². The monoisotopic (exact) mass is 346 g/mol. The Morgan fingerprint density at radius 3 is 2.85 bits per heavy atom. The van der Waals surface area contributed by atoms with Crippen LogP contribution in [0.15, 0.2) is 59.9 Å². The predicted octanol–water partition coefficient (Wildman–Crippen LogP) is 3.64. The lowest BCUT2D eigenvalue weighted by Gasteiger charge is -2.22. The van der Waals surface area contributed by atoms with Crippen LogP contribution in [-0.4, -0.2) is 25.9 Å². The molecule has 1 atom stereocenters. The minimum Gasteiger partial charge on any atom is -0.337 e. The van der Waals surface area contributed by atoms with Crippen LogP contribution in [0.25, 0.3) is 17.5 Å². The number of nitrogens with zero attached hydrogens (tertiary/aromatic N) is 4. The van der Waals surface area contributed by atoms with Crippen molar-refractivity contribution in [1.82, 2.24) is 20.0 Å². The van der Waals surface area contributed by atoms with Crippen LogP contribution >= 0.6 is 0 Å². The Bertz CT molecular complexity index is 918. The fourth-order valence-electron chi connectivity index (χ4n) is 3.13. The van der Waals surface area contributed by atoms with Crippen LogP contribution in [0.2, 0.25) is 0 Å². The Morgan fingerprint density at radius 1 is 1.27 bits per heavy atom. The highest BCUT2D eigenvalue weighted by Crippen LogP contribution is 2.34. The molecule has 0 N–H and O–H groups in total. The number of likely N-dealkylation sites (tertiary alicyclic amines) is 1. The zero-order valence-corrected chi connectivity index (χ0v) is 14.2. The van der Waals surface area contributed by atoms with Crippen LogP contribution in [0.1, 0.15) is 35.9 Å². The number of hydrogen-bond donors (Lipinski definition) is 0. The van der Waals surface area contributed by atoms with Crippen LogP contribution in [0.5, 0.6) is 0 Å². The molecule has 1 aliphatic heterocycles. The maximum absolute atomic E-state index is 12.4. The van der Waals surface area contributed by atoms with Gasteiger partial charge >= 0.3 is 0 Å². The lowest BCUT2D eigenvalue weighted by molar-refractivity contribution is -0.129. The Balaban J connectivity index is 1.56. The molecule has 1 aliphatic rings. The summed E-state index contributed by atoms with van der Waals surface area (Å²) in [6.45, 7) is 4.28. The molecule has 0 bridgehead atoms. The Morgan fingerprint density at radius 2 is 2.12 bits per heavy atom. The predicted molar refractivity (Wildman–Crippen MR) is 96.6 cm³/mol. The number of rotatable bonds is 5. The number of carbonyl (C=O) groups excluding carboxylic acids is 1. The van der Waals surface area contributed by atoms with Gasteiger partial charge in [-0.3, -0.25) is 9.78 Å². The van der Waals surface area contributed by atoms with Gasteiger partial charge in [-0.05, 0) is 29.7 Å². The molecule has 1 unspecified atom stereocenters. The summed E-state index contributed by atoms with van der Waals surface area (Å²) in [5.74, 6) is 1.06. The van der Waals surface area contributed by atoms with E-state index >= 15 is 0 Å². The third kappa shape index (κ3) is 3.13. The third-order valence-corrected chi connectivity index (χ3v) is 4.54. The first-order valence-corrected chi connectivity index (χ1v) is 8.49. The van der Waals surface area contributed by atoms with E-state index in [9.17, 15) is 4.79 Å². The van der Waals surface area contributed by atoms with Gasteiger partial charge in [0.2, 0.25) is 17.6 Å². The summed E-state index contributed by atoms with van der Waals surface area (Å²) in [7, 11) is 0. The topological polar surface area (TPSA) is 72.1 Å². The molecule has 1 saturated heterocycles. The molecule has 1 amide bonds. The molecule has 4 rings (SSSR count). The van der Waals surface area contributed by atoms with Crippen LogP contribution in [0.3, 0.4) is 0 Å². The highest BCUT2D eigenvalue weighted by atomic mass is 16.5. The quantitative estimate of drug-likeness (QED) is 0.705. The largest absolute Gasteiger partial charge is 0.337 e. The van der Waals surface area contributed by atoms with Gasteiger partial charge in [-0.2, -0.15) is 4.98 Å². The number of pyridine rings is 1. The van der Waals surface area contributed by atoms with Crippen molar-refractivity contribution in [2.45, 2.75) is 25.4 Å². The van der Waals surface area contributed by atoms with E-state index in [0.717, 1.165) is 16.7 Å². The van der Waals surface area contributed by atoms with E-state index in [1.54, 1.807) is 18.5 Å². The molecule has 0 aliphatic carbocycles. The maximum Gasteiger partial charge on any atom is 0.249 e. The van der Waals surface area contributed by atoms with Gasteiger partial charge < -0.3 is 9.42 Å². The lowest BCUT2D eigenvalue weighted by atomic mass is 10.1. The van der Waals surface area contributed by atoms with Crippen LogP contribution < -0.4 is 0 Å². The second-order valence-electron chi connectivity index (χ2n) is 6.22. The van der Waals surface area contributed by atoms with Crippen molar-refractivity contribution in [2.24, 2.45) is 0 Å². The summed E-state index contributed by atoms with van der Waals surface area (Å²) in [5.41, 5.74) is 2.90.